The molecular formula is C17H19NO2S. The third-order valence-corrected chi connectivity index (χ3v) is 4.80. The molecule has 1 unspecified atom stereocenters. The van der Waals surface area contributed by atoms with Crippen molar-refractivity contribution in [1.82, 2.24) is 0 Å². The topological polar surface area (TPSA) is 44.5 Å². The minimum Gasteiger partial charge on any atom is -0.486 e. The molecule has 110 valence electrons. The Labute approximate surface area is 129 Å². The highest BCUT2D eigenvalue weighted by Crippen LogP contribution is 2.40. The average molecular weight is 301 g/mol. The van der Waals surface area contributed by atoms with Gasteiger partial charge in [-0.3, -0.25) is 0 Å². The predicted octanol–water partition coefficient (Wildman–Crippen LogP) is 3.56. The van der Waals surface area contributed by atoms with E-state index in [0.717, 1.165) is 16.4 Å². The molecule has 3 rings (SSSR count). The molecular weight excluding hydrogens is 282 g/mol. The summed E-state index contributed by atoms with van der Waals surface area (Å²) < 4.78 is 11.2. The van der Waals surface area contributed by atoms with Crippen LogP contribution < -0.4 is 15.2 Å². The Morgan fingerprint density at radius 3 is 2.62 bits per heavy atom. The first-order valence-electron chi connectivity index (χ1n) is 7.10. The van der Waals surface area contributed by atoms with Crippen molar-refractivity contribution in [3.05, 3.63) is 53.6 Å². The molecule has 0 aliphatic carbocycles. The SMILES string of the molecule is Cc1ccccc1C(CN)Sc1ccc2c(c1)OCCO2. The van der Waals surface area contributed by atoms with Gasteiger partial charge in [-0.15, -0.1) is 11.8 Å². The highest BCUT2D eigenvalue weighted by molar-refractivity contribution is 7.99. The second-order valence-electron chi connectivity index (χ2n) is 5.00. The lowest BCUT2D eigenvalue weighted by Crippen LogP contribution is -2.15. The monoisotopic (exact) mass is 301 g/mol. The van der Waals surface area contributed by atoms with Gasteiger partial charge in [0.2, 0.25) is 0 Å². The Balaban J connectivity index is 1.83. The second kappa shape index (κ2) is 6.41. The van der Waals surface area contributed by atoms with E-state index in [1.54, 1.807) is 11.8 Å². The molecule has 0 amide bonds. The van der Waals surface area contributed by atoms with E-state index in [4.69, 9.17) is 15.2 Å². The molecule has 0 radical (unpaired) electrons. The molecule has 2 aromatic carbocycles. The molecule has 0 fully saturated rings. The highest BCUT2D eigenvalue weighted by atomic mass is 32.2. The lowest BCUT2D eigenvalue weighted by molar-refractivity contribution is 0.171. The number of thioether (sulfide) groups is 1. The summed E-state index contributed by atoms with van der Waals surface area (Å²) in [4.78, 5) is 1.15. The zero-order valence-electron chi connectivity index (χ0n) is 12.0. The molecule has 2 N–H and O–H groups in total. The summed E-state index contributed by atoms with van der Waals surface area (Å²) in [6.07, 6.45) is 0. The van der Waals surface area contributed by atoms with Crippen LogP contribution in [-0.4, -0.2) is 19.8 Å². The van der Waals surface area contributed by atoms with E-state index < -0.39 is 0 Å². The van der Waals surface area contributed by atoms with Gasteiger partial charge in [-0.2, -0.15) is 0 Å². The number of aryl methyl sites for hydroxylation is 1. The van der Waals surface area contributed by atoms with Crippen molar-refractivity contribution in [1.29, 1.82) is 0 Å². The second-order valence-corrected chi connectivity index (χ2v) is 6.28. The molecule has 0 saturated heterocycles. The Morgan fingerprint density at radius 1 is 1.10 bits per heavy atom. The number of rotatable bonds is 4. The van der Waals surface area contributed by atoms with Crippen LogP contribution in [0.3, 0.4) is 0 Å². The summed E-state index contributed by atoms with van der Waals surface area (Å²) >= 11 is 1.77. The molecule has 1 aliphatic heterocycles. The van der Waals surface area contributed by atoms with Gasteiger partial charge >= 0.3 is 0 Å². The van der Waals surface area contributed by atoms with Crippen molar-refractivity contribution in [2.75, 3.05) is 19.8 Å². The van der Waals surface area contributed by atoms with E-state index in [1.807, 2.05) is 12.1 Å². The van der Waals surface area contributed by atoms with Crippen molar-refractivity contribution < 1.29 is 9.47 Å². The fourth-order valence-electron chi connectivity index (χ4n) is 2.45. The van der Waals surface area contributed by atoms with E-state index in [-0.39, 0.29) is 5.25 Å². The Morgan fingerprint density at radius 2 is 1.86 bits per heavy atom. The van der Waals surface area contributed by atoms with Crippen LogP contribution in [0.5, 0.6) is 11.5 Å². The number of fused-ring (bicyclic) bond motifs is 1. The van der Waals surface area contributed by atoms with Crippen molar-refractivity contribution in [2.45, 2.75) is 17.1 Å². The third kappa shape index (κ3) is 3.17. The molecule has 0 saturated carbocycles. The van der Waals surface area contributed by atoms with Crippen LogP contribution in [0, 0.1) is 6.92 Å². The van der Waals surface area contributed by atoms with Gasteiger partial charge in [0.05, 0.1) is 0 Å². The maximum absolute atomic E-state index is 5.98. The zero-order chi connectivity index (χ0) is 14.7. The molecule has 3 nitrogen and oxygen atoms in total. The normalized spacial score (nSPS) is 14.8. The van der Waals surface area contributed by atoms with Gasteiger partial charge in [-0.05, 0) is 36.2 Å². The third-order valence-electron chi connectivity index (χ3n) is 3.54. The van der Waals surface area contributed by atoms with Crippen LogP contribution in [0.25, 0.3) is 0 Å². The van der Waals surface area contributed by atoms with Crippen LogP contribution in [-0.2, 0) is 0 Å². The lowest BCUT2D eigenvalue weighted by Gasteiger charge is -2.21. The van der Waals surface area contributed by atoms with Crippen molar-refractivity contribution in [3.8, 4) is 11.5 Å². The zero-order valence-corrected chi connectivity index (χ0v) is 12.9. The summed E-state index contributed by atoms with van der Waals surface area (Å²) in [5, 5.41) is 0.244. The van der Waals surface area contributed by atoms with Crippen LogP contribution in [0.2, 0.25) is 0 Å². The first-order chi connectivity index (χ1) is 10.3. The number of nitrogens with two attached hydrogens (primary N) is 1. The maximum atomic E-state index is 5.98. The van der Waals surface area contributed by atoms with Gasteiger partial charge in [0, 0.05) is 16.7 Å². The number of hydrogen-bond acceptors (Lipinski definition) is 4. The maximum Gasteiger partial charge on any atom is 0.162 e. The van der Waals surface area contributed by atoms with Crippen molar-refractivity contribution >= 4 is 11.8 Å². The van der Waals surface area contributed by atoms with Gasteiger partial charge in [0.25, 0.3) is 0 Å². The Bertz CT molecular complexity index is 630. The molecule has 0 bridgehead atoms. The molecule has 4 heteroatoms. The fourth-order valence-corrected chi connectivity index (χ4v) is 3.59. The van der Waals surface area contributed by atoms with Gasteiger partial charge < -0.3 is 15.2 Å². The van der Waals surface area contributed by atoms with Crippen LogP contribution in [0.15, 0.2) is 47.4 Å². The van der Waals surface area contributed by atoms with Gasteiger partial charge in [-0.1, -0.05) is 24.3 Å². The van der Waals surface area contributed by atoms with E-state index in [2.05, 4.69) is 37.3 Å². The molecule has 2 aromatic rings. The Kier molecular flexibility index (Phi) is 4.36. The van der Waals surface area contributed by atoms with Crippen LogP contribution in [0.4, 0.5) is 0 Å². The van der Waals surface area contributed by atoms with E-state index in [9.17, 15) is 0 Å². The summed E-state index contributed by atoms with van der Waals surface area (Å²) in [6.45, 7) is 3.96. The Hall–Kier alpha value is -1.65. The summed E-state index contributed by atoms with van der Waals surface area (Å²) in [5.41, 5.74) is 8.55. The molecule has 1 aliphatic rings. The fraction of sp³-hybridized carbons (Fsp3) is 0.294. The molecule has 1 atom stereocenters. The molecule has 21 heavy (non-hydrogen) atoms. The van der Waals surface area contributed by atoms with Gasteiger partial charge in [0.15, 0.2) is 11.5 Å². The van der Waals surface area contributed by atoms with Crippen molar-refractivity contribution in [3.63, 3.8) is 0 Å². The molecule has 1 heterocycles. The van der Waals surface area contributed by atoms with Crippen LogP contribution in [0.1, 0.15) is 16.4 Å². The van der Waals surface area contributed by atoms with Crippen molar-refractivity contribution in [2.24, 2.45) is 5.73 Å². The quantitative estimate of drug-likeness (QED) is 0.877. The first kappa shape index (κ1) is 14.3. The minimum atomic E-state index is 0.244. The van der Waals surface area contributed by atoms with E-state index >= 15 is 0 Å². The summed E-state index contributed by atoms with van der Waals surface area (Å²) in [7, 11) is 0. The average Bonchev–Trinajstić information content (AvgIpc) is 2.53. The summed E-state index contributed by atoms with van der Waals surface area (Å²) in [6, 6.07) is 14.5. The van der Waals surface area contributed by atoms with E-state index in [0.29, 0.717) is 19.8 Å². The van der Waals surface area contributed by atoms with E-state index in [1.165, 1.54) is 11.1 Å². The number of hydrogen-bond donors (Lipinski definition) is 1. The molecule has 0 spiro atoms. The highest BCUT2D eigenvalue weighted by Gasteiger charge is 2.16. The molecule has 0 aromatic heterocycles. The van der Waals surface area contributed by atoms with Gasteiger partial charge in [-0.25, -0.2) is 0 Å². The standard InChI is InChI=1S/C17H19NO2S/c1-12-4-2-3-5-14(12)17(11-18)21-13-6-7-15-16(10-13)20-9-8-19-15/h2-7,10,17H,8-9,11,18H2,1H3. The largest absolute Gasteiger partial charge is 0.486 e. The number of ether oxygens (including phenoxy) is 2. The smallest absolute Gasteiger partial charge is 0.162 e. The minimum absolute atomic E-state index is 0.244. The van der Waals surface area contributed by atoms with Crippen LogP contribution >= 0.6 is 11.8 Å². The lowest BCUT2D eigenvalue weighted by atomic mass is 10.1. The number of benzene rings is 2. The van der Waals surface area contributed by atoms with Gasteiger partial charge in [0.1, 0.15) is 13.2 Å². The predicted molar refractivity (Wildman–Crippen MR) is 86.3 cm³/mol. The first-order valence-corrected chi connectivity index (χ1v) is 7.98. The summed E-state index contributed by atoms with van der Waals surface area (Å²) in [5.74, 6) is 1.65.